The number of carbonyl (C=O) groups excluding carboxylic acids is 1. The van der Waals surface area contributed by atoms with Gasteiger partial charge in [0.05, 0.1) is 31.5 Å². The lowest BCUT2D eigenvalue weighted by Gasteiger charge is -2.29. The van der Waals surface area contributed by atoms with Crippen molar-refractivity contribution < 1.29 is 13.9 Å². The summed E-state index contributed by atoms with van der Waals surface area (Å²) < 4.78 is 19.9. The van der Waals surface area contributed by atoms with Gasteiger partial charge in [-0.25, -0.2) is 9.40 Å². The van der Waals surface area contributed by atoms with Gasteiger partial charge in [-0.05, 0) is 18.6 Å². The Morgan fingerprint density at radius 3 is 2.71 bits per heavy atom. The zero-order valence-corrected chi connectivity index (χ0v) is 16.0. The molecule has 1 atom stereocenters. The molecule has 0 bridgehead atoms. The summed E-state index contributed by atoms with van der Waals surface area (Å²) in [5.41, 5.74) is 3.42. The van der Waals surface area contributed by atoms with E-state index in [1.165, 1.54) is 11.1 Å². The molecular weight excluding hydrogens is 357 g/mol. The second-order valence-electron chi connectivity index (χ2n) is 7.28. The Bertz CT molecular complexity index is 893. The van der Waals surface area contributed by atoms with Crippen LogP contribution < -0.4 is 0 Å². The van der Waals surface area contributed by atoms with Gasteiger partial charge in [0.25, 0.3) is 5.91 Å². The predicted molar refractivity (Wildman–Crippen MR) is 106 cm³/mol. The van der Waals surface area contributed by atoms with Gasteiger partial charge in [-0.2, -0.15) is 5.10 Å². The molecule has 1 fully saturated rings. The third-order valence-electron chi connectivity index (χ3n) is 5.24. The number of carbonyl (C=O) groups is 1. The monoisotopic (exact) mass is 381 g/mol. The molecule has 1 saturated heterocycles. The Kier molecular flexibility index (Phi) is 5.50. The normalized spacial score (nSPS) is 20.3. The SMILES string of the molecule is Cc1cccc(C2=NN(C(=O)CN3CCOCC3)[C@@H](c3ccccc3F)C2)c1. The molecule has 2 aliphatic heterocycles. The predicted octanol–water partition coefficient (Wildman–Crippen LogP) is 3.14. The minimum absolute atomic E-state index is 0.113. The number of ether oxygens (including phenoxy) is 1. The largest absolute Gasteiger partial charge is 0.379 e. The summed E-state index contributed by atoms with van der Waals surface area (Å²) in [7, 11) is 0. The van der Waals surface area contributed by atoms with Crippen LogP contribution in [0.15, 0.2) is 53.6 Å². The average Bonchev–Trinajstić information content (AvgIpc) is 3.14. The first-order valence-electron chi connectivity index (χ1n) is 9.63. The number of rotatable bonds is 4. The van der Waals surface area contributed by atoms with Gasteiger partial charge < -0.3 is 4.74 Å². The zero-order valence-electron chi connectivity index (χ0n) is 16.0. The van der Waals surface area contributed by atoms with Crippen molar-refractivity contribution in [1.82, 2.24) is 9.91 Å². The molecule has 0 aromatic heterocycles. The molecule has 0 N–H and O–H groups in total. The average molecular weight is 381 g/mol. The Morgan fingerprint density at radius 1 is 1.18 bits per heavy atom. The molecule has 0 unspecified atom stereocenters. The molecule has 2 aliphatic rings. The smallest absolute Gasteiger partial charge is 0.257 e. The summed E-state index contributed by atoms with van der Waals surface area (Å²) in [4.78, 5) is 15.1. The van der Waals surface area contributed by atoms with Crippen molar-refractivity contribution in [2.24, 2.45) is 5.10 Å². The summed E-state index contributed by atoms with van der Waals surface area (Å²) in [5.74, 6) is -0.421. The second-order valence-corrected chi connectivity index (χ2v) is 7.28. The fraction of sp³-hybridized carbons (Fsp3) is 0.364. The molecule has 0 aliphatic carbocycles. The minimum atomic E-state index is -0.426. The lowest BCUT2D eigenvalue weighted by molar-refractivity contribution is -0.135. The number of halogens is 1. The summed E-state index contributed by atoms with van der Waals surface area (Å²) in [6.07, 6.45) is 0.499. The van der Waals surface area contributed by atoms with Crippen molar-refractivity contribution in [3.63, 3.8) is 0 Å². The molecule has 2 heterocycles. The number of hydrazone groups is 1. The van der Waals surface area contributed by atoms with Crippen LogP contribution in [0.1, 0.15) is 29.2 Å². The van der Waals surface area contributed by atoms with Crippen LogP contribution in [0, 0.1) is 12.7 Å². The third-order valence-corrected chi connectivity index (χ3v) is 5.24. The molecule has 0 radical (unpaired) electrons. The maximum Gasteiger partial charge on any atom is 0.257 e. The van der Waals surface area contributed by atoms with Gasteiger partial charge >= 0.3 is 0 Å². The number of nitrogens with zero attached hydrogens (tertiary/aromatic N) is 3. The fourth-order valence-electron chi connectivity index (χ4n) is 3.75. The van der Waals surface area contributed by atoms with E-state index in [-0.39, 0.29) is 18.3 Å². The molecule has 0 saturated carbocycles. The molecule has 146 valence electrons. The number of hydrogen-bond donors (Lipinski definition) is 0. The first kappa shape index (κ1) is 18.8. The van der Waals surface area contributed by atoms with E-state index in [1.54, 1.807) is 18.2 Å². The van der Waals surface area contributed by atoms with Crippen molar-refractivity contribution >= 4 is 11.6 Å². The molecule has 28 heavy (non-hydrogen) atoms. The van der Waals surface area contributed by atoms with Crippen LogP contribution in [0.5, 0.6) is 0 Å². The van der Waals surface area contributed by atoms with Crippen molar-refractivity contribution in [1.29, 1.82) is 0 Å². The van der Waals surface area contributed by atoms with Gasteiger partial charge in [0, 0.05) is 25.1 Å². The van der Waals surface area contributed by atoms with Crippen molar-refractivity contribution in [3.8, 4) is 0 Å². The van der Waals surface area contributed by atoms with E-state index in [0.29, 0.717) is 25.2 Å². The van der Waals surface area contributed by atoms with E-state index >= 15 is 0 Å². The van der Waals surface area contributed by atoms with Crippen LogP contribution in [-0.4, -0.2) is 54.4 Å². The molecule has 1 amide bonds. The van der Waals surface area contributed by atoms with E-state index in [0.717, 1.165) is 29.9 Å². The molecule has 5 nitrogen and oxygen atoms in total. The van der Waals surface area contributed by atoms with Crippen molar-refractivity contribution in [3.05, 3.63) is 71.0 Å². The standard InChI is InChI=1S/C22H24FN3O2/c1-16-5-4-6-17(13-16)20-14-21(18-7-2-3-8-19(18)23)26(24-20)22(27)15-25-9-11-28-12-10-25/h2-8,13,21H,9-12,14-15H2,1H3/t21-/m1/s1. The van der Waals surface area contributed by atoms with Crippen LogP contribution in [0.2, 0.25) is 0 Å². The maximum atomic E-state index is 14.5. The maximum absolute atomic E-state index is 14.5. The molecule has 2 aromatic carbocycles. The Morgan fingerprint density at radius 2 is 1.96 bits per heavy atom. The van der Waals surface area contributed by atoms with Crippen molar-refractivity contribution in [2.45, 2.75) is 19.4 Å². The summed E-state index contributed by atoms with van der Waals surface area (Å²) in [6.45, 7) is 4.98. The molecule has 4 rings (SSSR count). The topological polar surface area (TPSA) is 45.1 Å². The summed E-state index contributed by atoms with van der Waals surface area (Å²) in [5, 5.41) is 6.12. The van der Waals surface area contributed by atoms with Gasteiger partial charge in [0.15, 0.2) is 0 Å². The first-order chi connectivity index (χ1) is 13.6. The summed E-state index contributed by atoms with van der Waals surface area (Å²) in [6, 6.07) is 14.2. The molecule has 6 heteroatoms. The number of benzene rings is 2. The van der Waals surface area contributed by atoms with E-state index in [9.17, 15) is 9.18 Å². The Labute approximate surface area is 164 Å². The number of morpholine rings is 1. The highest BCUT2D eigenvalue weighted by atomic mass is 19.1. The molecular formula is C22H24FN3O2. The van der Waals surface area contributed by atoms with Gasteiger partial charge in [0.2, 0.25) is 0 Å². The van der Waals surface area contributed by atoms with Crippen LogP contribution in [0.25, 0.3) is 0 Å². The lowest BCUT2D eigenvalue weighted by Crippen LogP contribution is -2.43. The summed E-state index contributed by atoms with van der Waals surface area (Å²) >= 11 is 0. The first-order valence-corrected chi connectivity index (χ1v) is 9.63. The third kappa shape index (κ3) is 3.98. The highest BCUT2D eigenvalue weighted by molar-refractivity contribution is 6.03. The van der Waals surface area contributed by atoms with E-state index < -0.39 is 6.04 Å². The van der Waals surface area contributed by atoms with Gasteiger partial charge in [-0.15, -0.1) is 0 Å². The number of hydrogen-bond acceptors (Lipinski definition) is 4. The van der Waals surface area contributed by atoms with Crippen LogP contribution in [-0.2, 0) is 9.53 Å². The molecule has 2 aromatic rings. The highest BCUT2D eigenvalue weighted by Gasteiger charge is 2.35. The van der Waals surface area contributed by atoms with Crippen LogP contribution in [0.3, 0.4) is 0 Å². The van der Waals surface area contributed by atoms with Gasteiger partial charge in [-0.3, -0.25) is 9.69 Å². The highest BCUT2D eigenvalue weighted by Crippen LogP contribution is 2.34. The van der Waals surface area contributed by atoms with E-state index in [4.69, 9.17) is 4.74 Å². The lowest BCUT2D eigenvalue weighted by atomic mass is 9.97. The van der Waals surface area contributed by atoms with Crippen LogP contribution in [0.4, 0.5) is 4.39 Å². The Hall–Kier alpha value is -2.57. The second kappa shape index (κ2) is 8.20. The van der Waals surface area contributed by atoms with E-state index in [2.05, 4.69) is 10.0 Å². The van der Waals surface area contributed by atoms with Gasteiger partial charge in [-0.1, -0.05) is 48.0 Å². The quantitative estimate of drug-likeness (QED) is 0.817. The van der Waals surface area contributed by atoms with Gasteiger partial charge in [0.1, 0.15) is 5.82 Å². The zero-order chi connectivity index (χ0) is 19.5. The number of amides is 1. The fourth-order valence-corrected chi connectivity index (χ4v) is 3.75. The number of aryl methyl sites for hydroxylation is 1. The minimum Gasteiger partial charge on any atom is -0.379 e. The Balaban J connectivity index is 1.63. The molecule has 0 spiro atoms. The van der Waals surface area contributed by atoms with E-state index in [1.807, 2.05) is 31.2 Å². The van der Waals surface area contributed by atoms with Crippen LogP contribution >= 0.6 is 0 Å². The van der Waals surface area contributed by atoms with Crippen molar-refractivity contribution in [2.75, 3.05) is 32.8 Å².